The monoisotopic (exact) mass is 333 g/mol. The SMILES string of the molecule is Cn1cnc2cc(-c3noc(CNC(=O)c4ccccc4)n3)ccc21. The number of benzene rings is 2. The predicted octanol–water partition coefficient (Wildman–Crippen LogP) is 2.55. The van der Waals surface area contributed by atoms with Gasteiger partial charge in [-0.25, -0.2) is 4.98 Å². The van der Waals surface area contributed by atoms with E-state index in [0.717, 1.165) is 16.6 Å². The third kappa shape index (κ3) is 2.99. The van der Waals surface area contributed by atoms with Crippen molar-refractivity contribution in [2.75, 3.05) is 0 Å². The van der Waals surface area contributed by atoms with Crippen LogP contribution >= 0.6 is 0 Å². The van der Waals surface area contributed by atoms with Crippen molar-refractivity contribution in [2.24, 2.45) is 7.05 Å². The molecule has 25 heavy (non-hydrogen) atoms. The first-order chi connectivity index (χ1) is 12.2. The summed E-state index contributed by atoms with van der Waals surface area (Å²) in [7, 11) is 1.94. The molecular weight excluding hydrogens is 318 g/mol. The Bertz CT molecular complexity index is 1040. The van der Waals surface area contributed by atoms with E-state index >= 15 is 0 Å². The largest absolute Gasteiger partial charge is 0.343 e. The van der Waals surface area contributed by atoms with Crippen molar-refractivity contribution in [3.05, 3.63) is 66.3 Å². The fraction of sp³-hybridized carbons (Fsp3) is 0.111. The van der Waals surface area contributed by atoms with Gasteiger partial charge in [-0.1, -0.05) is 23.4 Å². The van der Waals surface area contributed by atoms with Crippen LogP contribution in [0.4, 0.5) is 0 Å². The summed E-state index contributed by atoms with van der Waals surface area (Å²) in [6.45, 7) is 0.173. The standard InChI is InChI=1S/C18H15N5O2/c1-23-11-20-14-9-13(7-8-15(14)23)17-21-16(25-22-17)10-19-18(24)12-5-3-2-4-6-12/h2-9,11H,10H2,1H3,(H,19,24). The minimum Gasteiger partial charge on any atom is -0.343 e. The van der Waals surface area contributed by atoms with E-state index in [4.69, 9.17) is 4.52 Å². The second-order valence-electron chi connectivity index (χ2n) is 5.62. The number of nitrogens with zero attached hydrogens (tertiary/aromatic N) is 4. The number of amides is 1. The lowest BCUT2D eigenvalue weighted by Gasteiger charge is -2.01. The van der Waals surface area contributed by atoms with Gasteiger partial charge >= 0.3 is 0 Å². The molecule has 0 aliphatic rings. The summed E-state index contributed by atoms with van der Waals surface area (Å²) >= 11 is 0. The first kappa shape index (κ1) is 15.1. The summed E-state index contributed by atoms with van der Waals surface area (Å²) in [6.07, 6.45) is 1.76. The van der Waals surface area contributed by atoms with Crippen molar-refractivity contribution >= 4 is 16.9 Å². The van der Waals surface area contributed by atoms with Gasteiger partial charge in [0.2, 0.25) is 11.7 Å². The van der Waals surface area contributed by atoms with Gasteiger partial charge in [-0.2, -0.15) is 4.98 Å². The van der Waals surface area contributed by atoms with Gasteiger partial charge in [0.25, 0.3) is 5.91 Å². The van der Waals surface area contributed by atoms with E-state index in [2.05, 4.69) is 20.4 Å². The third-order valence-electron chi connectivity index (χ3n) is 3.89. The molecule has 0 fully saturated rings. The second-order valence-corrected chi connectivity index (χ2v) is 5.62. The van der Waals surface area contributed by atoms with Gasteiger partial charge < -0.3 is 14.4 Å². The van der Waals surface area contributed by atoms with Crippen LogP contribution < -0.4 is 5.32 Å². The summed E-state index contributed by atoms with van der Waals surface area (Å²) in [5.41, 5.74) is 3.30. The lowest BCUT2D eigenvalue weighted by atomic mass is 10.2. The number of hydrogen-bond donors (Lipinski definition) is 1. The van der Waals surface area contributed by atoms with Crippen molar-refractivity contribution in [1.82, 2.24) is 25.0 Å². The molecule has 0 bridgehead atoms. The molecule has 0 saturated heterocycles. The normalized spacial score (nSPS) is 10.9. The summed E-state index contributed by atoms with van der Waals surface area (Å²) in [6, 6.07) is 14.8. The van der Waals surface area contributed by atoms with Gasteiger partial charge in [0.1, 0.15) is 0 Å². The Morgan fingerprint density at radius 3 is 2.88 bits per heavy atom. The lowest BCUT2D eigenvalue weighted by molar-refractivity contribution is 0.0946. The smallest absolute Gasteiger partial charge is 0.251 e. The average molecular weight is 333 g/mol. The number of carbonyl (C=O) groups excluding carboxylic acids is 1. The molecule has 0 radical (unpaired) electrons. The molecule has 2 aromatic heterocycles. The van der Waals surface area contributed by atoms with Crippen LogP contribution in [-0.4, -0.2) is 25.6 Å². The summed E-state index contributed by atoms with van der Waals surface area (Å²) in [4.78, 5) is 20.7. The number of fused-ring (bicyclic) bond motifs is 1. The third-order valence-corrected chi connectivity index (χ3v) is 3.89. The summed E-state index contributed by atoms with van der Waals surface area (Å²) in [5.74, 6) is 0.632. The van der Waals surface area contributed by atoms with Crippen molar-refractivity contribution < 1.29 is 9.32 Å². The van der Waals surface area contributed by atoms with Crippen LogP contribution in [0.15, 0.2) is 59.4 Å². The molecule has 7 heteroatoms. The molecule has 0 aliphatic carbocycles. The van der Waals surface area contributed by atoms with Gasteiger partial charge in [-0.05, 0) is 30.3 Å². The number of nitrogens with one attached hydrogen (secondary N) is 1. The van der Waals surface area contributed by atoms with E-state index in [0.29, 0.717) is 17.3 Å². The van der Waals surface area contributed by atoms with Crippen LogP contribution in [0, 0.1) is 0 Å². The molecule has 0 aliphatic heterocycles. The molecular formula is C18H15N5O2. The van der Waals surface area contributed by atoms with Gasteiger partial charge in [0.05, 0.1) is 23.9 Å². The first-order valence-electron chi connectivity index (χ1n) is 7.78. The highest BCUT2D eigenvalue weighted by molar-refractivity contribution is 5.94. The molecule has 0 unspecified atom stereocenters. The molecule has 124 valence electrons. The minimum absolute atomic E-state index is 0.173. The Hall–Kier alpha value is -3.48. The van der Waals surface area contributed by atoms with E-state index in [9.17, 15) is 4.79 Å². The molecule has 1 amide bonds. The van der Waals surface area contributed by atoms with Crippen LogP contribution in [-0.2, 0) is 13.6 Å². The van der Waals surface area contributed by atoms with Gasteiger partial charge in [0.15, 0.2) is 0 Å². The fourth-order valence-corrected chi connectivity index (χ4v) is 2.57. The summed E-state index contributed by atoms with van der Waals surface area (Å²) < 4.78 is 7.17. The number of aromatic nitrogens is 4. The molecule has 0 spiro atoms. The predicted molar refractivity (Wildman–Crippen MR) is 91.6 cm³/mol. The zero-order valence-corrected chi connectivity index (χ0v) is 13.5. The van der Waals surface area contributed by atoms with Crippen LogP contribution in [0.5, 0.6) is 0 Å². The molecule has 2 heterocycles. The van der Waals surface area contributed by atoms with Crippen molar-refractivity contribution in [1.29, 1.82) is 0 Å². The highest BCUT2D eigenvalue weighted by Gasteiger charge is 2.12. The number of hydrogen-bond acceptors (Lipinski definition) is 5. The van der Waals surface area contributed by atoms with Gasteiger partial charge in [0, 0.05) is 18.2 Å². The van der Waals surface area contributed by atoms with E-state index < -0.39 is 0 Å². The zero-order chi connectivity index (χ0) is 17.2. The van der Waals surface area contributed by atoms with Crippen molar-refractivity contribution in [3.63, 3.8) is 0 Å². The maximum atomic E-state index is 12.0. The number of carbonyl (C=O) groups is 1. The highest BCUT2D eigenvalue weighted by atomic mass is 16.5. The number of aryl methyl sites for hydroxylation is 1. The summed E-state index contributed by atoms with van der Waals surface area (Å²) in [5, 5.41) is 6.74. The van der Waals surface area contributed by atoms with Crippen LogP contribution in [0.2, 0.25) is 0 Å². The Labute approximate surface area is 143 Å². The first-order valence-corrected chi connectivity index (χ1v) is 7.78. The topological polar surface area (TPSA) is 85.8 Å². The van der Waals surface area contributed by atoms with Crippen LogP contribution in [0.1, 0.15) is 16.2 Å². The van der Waals surface area contributed by atoms with Crippen LogP contribution in [0.3, 0.4) is 0 Å². The molecule has 4 rings (SSSR count). The van der Waals surface area contributed by atoms with Crippen molar-refractivity contribution in [2.45, 2.75) is 6.54 Å². The van der Waals surface area contributed by atoms with E-state index in [1.807, 2.05) is 48.0 Å². The molecule has 7 nitrogen and oxygen atoms in total. The molecule has 0 atom stereocenters. The highest BCUT2D eigenvalue weighted by Crippen LogP contribution is 2.21. The lowest BCUT2D eigenvalue weighted by Crippen LogP contribution is -2.22. The Morgan fingerprint density at radius 2 is 2.04 bits per heavy atom. The maximum Gasteiger partial charge on any atom is 0.251 e. The molecule has 0 saturated carbocycles. The Balaban J connectivity index is 1.48. The number of rotatable bonds is 4. The van der Waals surface area contributed by atoms with Gasteiger partial charge in [-0.15, -0.1) is 0 Å². The second kappa shape index (κ2) is 6.20. The van der Waals surface area contributed by atoms with E-state index in [1.165, 1.54) is 0 Å². The Kier molecular flexibility index (Phi) is 3.74. The minimum atomic E-state index is -0.185. The fourth-order valence-electron chi connectivity index (χ4n) is 2.57. The zero-order valence-electron chi connectivity index (χ0n) is 13.5. The molecule has 2 aromatic carbocycles. The molecule has 4 aromatic rings. The van der Waals surface area contributed by atoms with Crippen LogP contribution in [0.25, 0.3) is 22.4 Å². The van der Waals surface area contributed by atoms with E-state index in [-0.39, 0.29) is 12.5 Å². The van der Waals surface area contributed by atoms with Gasteiger partial charge in [-0.3, -0.25) is 4.79 Å². The Morgan fingerprint density at radius 1 is 1.20 bits per heavy atom. The molecule has 1 N–H and O–H groups in total. The average Bonchev–Trinajstić information content (AvgIpc) is 3.27. The van der Waals surface area contributed by atoms with Crippen molar-refractivity contribution in [3.8, 4) is 11.4 Å². The quantitative estimate of drug-likeness (QED) is 0.620. The maximum absolute atomic E-state index is 12.0. The van der Waals surface area contributed by atoms with E-state index in [1.54, 1.807) is 18.5 Å². The number of imidazole rings is 1.